The van der Waals surface area contributed by atoms with Crippen LogP contribution in [0.5, 0.6) is 0 Å². The molecule has 2 aromatic rings. The van der Waals surface area contributed by atoms with E-state index in [4.69, 9.17) is 0 Å². The van der Waals surface area contributed by atoms with Gasteiger partial charge in [-0.2, -0.15) is 0 Å². The van der Waals surface area contributed by atoms with Gasteiger partial charge in [0.25, 0.3) is 11.5 Å². The Hall–Kier alpha value is -2.50. The maximum absolute atomic E-state index is 12.4. The Kier molecular flexibility index (Phi) is 4.70. The van der Waals surface area contributed by atoms with E-state index in [2.05, 4.69) is 15.0 Å². The van der Waals surface area contributed by atoms with Crippen molar-refractivity contribution in [1.29, 1.82) is 0 Å². The van der Waals surface area contributed by atoms with E-state index in [0.29, 0.717) is 12.4 Å². The Balaban J connectivity index is 2.21. The number of aromatic amines is 1. The molecule has 0 aromatic carbocycles. The van der Waals surface area contributed by atoms with Crippen LogP contribution in [0, 0.1) is 6.92 Å². The predicted molar refractivity (Wildman–Crippen MR) is 83.7 cm³/mol. The zero-order valence-electron chi connectivity index (χ0n) is 13.3. The summed E-state index contributed by atoms with van der Waals surface area (Å²) in [6.07, 6.45) is 4.79. The summed E-state index contributed by atoms with van der Waals surface area (Å²) in [5, 5.41) is 0. The lowest BCUT2D eigenvalue weighted by atomic mass is 10.1. The number of pyridine rings is 1. The summed E-state index contributed by atoms with van der Waals surface area (Å²) in [5.74, 6) is 0.337. The molecule has 1 amide bonds. The van der Waals surface area contributed by atoms with E-state index in [0.717, 1.165) is 11.1 Å². The first-order valence-electron chi connectivity index (χ1n) is 7.14. The molecule has 0 saturated carbocycles. The quantitative estimate of drug-likeness (QED) is 0.935. The third-order valence-corrected chi connectivity index (χ3v) is 3.49. The average Bonchev–Trinajstić information content (AvgIpc) is 2.48. The zero-order chi connectivity index (χ0) is 16.3. The van der Waals surface area contributed by atoms with E-state index in [1.807, 2.05) is 26.8 Å². The summed E-state index contributed by atoms with van der Waals surface area (Å²) in [5.41, 5.74) is 1.65. The van der Waals surface area contributed by atoms with Crippen molar-refractivity contribution in [1.82, 2.24) is 19.9 Å². The third kappa shape index (κ3) is 3.39. The highest BCUT2D eigenvalue weighted by molar-refractivity contribution is 5.93. The van der Waals surface area contributed by atoms with Crippen LogP contribution in [-0.4, -0.2) is 32.8 Å². The number of H-pyrrole nitrogens is 1. The van der Waals surface area contributed by atoms with E-state index >= 15 is 0 Å². The monoisotopic (exact) mass is 300 g/mol. The van der Waals surface area contributed by atoms with E-state index in [1.165, 1.54) is 11.1 Å². The molecule has 0 unspecified atom stereocenters. The van der Waals surface area contributed by atoms with Crippen LogP contribution >= 0.6 is 0 Å². The Morgan fingerprint density at radius 3 is 2.68 bits per heavy atom. The second-order valence-corrected chi connectivity index (χ2v) is 5.63. The fourth-order valence-electron chi connectivity index (χ4n) is 2.07. The second-order valence-electron chi connectivity index (χ2n) is 5.63. The van der Waals surface area contributed by atoms with Gasteiger partial charge in [-0.3, -0.25) is 14.6 Å². The van der Waals surface area contributed by atoms with Gasteiger partial charge in [-0.15, -0.1) is 0 Å². The van der Waals surface area contributed by atoms with Crippen LogP contribution in [0.1, 0.15) is 47.1 Å². The molecule has 0 atom stereocenters. The number of aryl methyl sites for hydroxylation is 1. The lowest BCUT2D eigenvalue weighted by Gasteiger charge is -2.18. The van der Waals surface area contributed by atoms with Gasteiger partial charge in [-0.1, -0.05) is 13.8 Å². The largest absolute Gasteiger partial charge is 0.337 e. The Bertz CT molecular complexity index is 737. The third-order valence-electron chi connectivity index (χ3n) is 3.49. The van der Waals surface area contributed by atoms with Crippen molar-refractivity contribution >= 4 is 5.91 Å². The van der Waals surface area contributed by atoms with Gasteiger partial charge >= 0.3 is 0 Å². The highest BCUT2D eigenvalue weighted by Crippen LogP contribution is 2.10. The van der Waals surface area contributed by atoms with Gasteiger partial charge in [0.15, 0.2) is 0 Å². The van der Waals surface area contributed by atoms with E-state index in [1.54, 1.807) is 19.4 Å². The summed E-state index contributed by atoms with van der Waals surface area (Å²) in [4.78, 5) is 36.8. The molecule has 0 radical (unpaired) electrons. The minimum absolute atomic E-state index is 0.0543. The van der Waals surface area contributed by atoms with Crippen molar-refractivity contribution in [3.8, 4) is 0 Å². The van der Waals surface area contributed by atoms with Crippen LogP contribution < -0.4 is 5.56 Å². The number of hydrogen-bond acceptors (Lipinski definition) is 4. The molecule has 0 aliphatic carbocycles. The minimum atomic E-state index is -0.401. The molecule has 0 fully saturated rings. The Morgan fingerprint density at radius 2 is 2.09 bits per heavy atom. The summed E-state index contributed by atoms with van der Waals surface area (Å²) >= 11 is 0. The molecule has 1 N–H and O–H groups in total. The van der Waals surface area contributed by atoms with Crippen LogP contribution in [0.2, 0.25) is 0 Å². The van der Waals surface area contributed by atoms with Gasteiger partial charge in [0, 0.05) is 38.1 Å². The smallest absolute Gasteiger partial charge is 0.263 e. The molecule has 6 heteroatoms. The van der Waals surface area contributed by atoms with Gasteiger partial charge in [-0.05, 0) is 24.1 Å². The first-order chi connectivity index (χ1) is 10.4. The SMILES string of the molecule is Cc1cnccc1CN(C)C(=O)c1cnc(C(C)C)[nH]c1=O. The molecule has 116 valence electrons. The number of nitrogens with one attached hydrogen (secondary N) is 1. The van der Waals surface area contributed by atoms with Crippen LogP contribution in [0.25, 0.3) is 0 Å². The average molecular weight is 300 g/mol. The molecule has 0 bridgehead atoms. The highest BCUT2D eigenvalue weighted by Gasteiger charge is 2.17. The van der Waals surface area contributed by atoms with Crippen LogP contribution in [0.15, 0.2) is 29.5 Å². The Morgan fingerprint density at radius 1 is 1.36 bits per heavy atom. The number of aromatic nitrogens is 3. The molecule has 2 rings (SSSR count). The van der Waals surface area contributed by atoms with Crippen molar-refractivity contribution in [2.75, 3.05) is 7.05 Å². The normalized spacial score (nSPS) is 10.8. The lowest BCUT2D eigenvalue weighted by Crippen LogP contribution is -2.32. The number of carbonyl (C=O) groups excluding carboxylic acids is 1. The minimum Gasteiger partial charge on any atom is -0.337 e. The molecular weight excluding hydrogens is 280 g/mol. The standard InChI is InChI=1S/C16H20N4O2/c1-10(2)14-18-8-13(15(21)19-14)16(22)20(4)9-12-5-6-17-7-11(12)3/h5-8,10H,9H2,1-4H3,(H,18,19,21). The van der Waals surface area contributed by atoms with E-state index in [-0.39, 0.29) is 17.4 Å². The lowest BCUT2D eigenvalue weighted by molar-refractivity contribution is 0.0782. The molecule has 22 heavy (non-hydrogen) atoms. The van der Waals surface area contributed by atoms with Gasteiger partial charge in [0.1, 0.15) is 11.4 Å². The number of rotatable bonds is 4. The van der Waals surface area contributed by atoms with Crippen molar-refractivity contribution < 1.29 is 4.79 Å². The van der Waals surface area contributed by atoms with Crippen molar-refractivity contribution in [3.63, 3.8) is 0 Å². The van der Waals surface area contributed by atoms with Crippen LogP contribution in [0.4, 0.5) is 0 Å². The van der Waals surface area contributed by atoms with Gasteiger partial charge < -0.3 is 9.88 Å². The van der Waals surface area contributed by atoms with Crippen LogP contribution in [-0.2, 0) is 6.54 Å². The number of carbonyl (C=O) groups is 1. The molecule has 2 aromatic heterocycles. The number of hydrogen-bond donors (Lipinski definition) is 1. The molecule has 0 saturated heterocycles. The summed E-state index contributed by atoms with van der Waals surface area (Å²) in [6.45, 7) is 6.21. The first kappa shape index (κ1) is 15.9. The van der Waals surface area contributed by atoms with E-state index in [9.17, 15) is 9.59 Å². The maximum Gasteiger partial charge on any atom is 0.263 e. The Labute approximate surface area is 129 Å². The van der Waals surface area contributed by atoms with Gasteiger partial charge in [0.2, 0.25) is 0 Å². The molecule has 2 heterocycles. The maximum atomic E-state index is 12.4. The van der Waals surface area contributed by atoms with Crippen LogP contribution in [0.3, 0.4) is 0 Å². The molecule has 0 aliphatic heterocycles. The molecule has 0 spiro atoms. The molecule has 0 aliphatic rings. The summed E-state index contributed by atoms with van der Waals surface area (Å²) in [7, 11) is 1.66. The molecule has 6 nitrogen and oxygen atoms in total. The fraction of sp³-hybridized carbons (Fsp3) is 0.375. The predicted octanol–water partition coefficient (Wildman–Crippen LogP) is 1.87. The van der Waals surface area contributed by atoms with Crippen molar-refractivity contribution in [2.24, 2.45) is 0 Å². The molecular formula is C16H20N4O2. The number of amides is 1. The first-order valence-corrected chi connectivity index (χ1v) is 7.14. The fourth-order valence-corrected chi connectivity index (χ4v) is 2.07. The number of nitrogens with zero attached hydrogens (tertiary/aromatic N) is 3. The van der Waals surface area contributed by atoms with Gasteiger partial charge in [-0.25, -0.2) is 4.98 Å². The topological polar surface area (TPSA) is 79.0 Å². The highest BCUT2D eigenvalue weighted by atomic mass is 16.2. The van der Waals surface area contributed by atoms with E-state index < -0.39 is 5.56 Å². The zero-order valence-corrected chi connectivity index (χ0v) is 13.3. The van der Waals surface area contributed by atoms with Crippen molar-refractivity contribution in [2.45, 2.75) is 33.2 Å². The second kappa shape index (κ2) is 6.51. The van der Waals surface area contributed by atoms with Crippen molar-refractivity contribution in [3.05, 3.63) is 57.5 Å². The van der Waals surface area contributed by atoms with Gasteiger partial charge in [0.05, 0.1) is 0 Å². The summed E-state index contributed by atoms with van der Waals surface area (Å²) in [6, 6.07) is 1.86. The summed E-state index contributed by atoms with van der Waals surface area (Å²) < 4.78 is 0.